The van der Waals surface area contributed by atoms with Gasteiger partial charge in [0.25, 0.3) is 5.91 Å². The smallest absolute Gasteiger partial charge is 0.262 e. The summed E-state index contributed by atoms with van der Waals surface area (Å²) in [4.78, 5) is 29.8. The van der Waals surface area contributed by atoms with Gasteiger partial charge in [-0.2, -0.15) is 5.10 Å². The summed E-state index contributed by atoms with van der Waals surface area (Å²) in [5.74, 6) is 2.66. The highest BCUT2D eigenvalue weighted by Gasteiger charge is 2.65. The van der Waals surface area contributed by atoms with Crippen LogP contribution in [0.1, 0.15) is 35.6 Å². The molecule has 0 bridgehead atoms. The van der Waals surface area contributed by atoms with E-state index in [9.17, 15) is 19.8 Å². The fourth-order valence-electron chi connectivity index (χ4n) is 6.86. The number of hydrazone groups is 1. The number of piperidine rings is 1. The van der Waals surface area contributed by atoms with Crippen LogP contribution >= 0.6 is 23.2 Å². The zero-order chi connectivity index (χ0) is 30.5. The van der Waals surface area contributed by atoms with E-state index in [2.05, 4.69) is 22.4 Å². The molecule has 1 spiro atoms. The van der Waals surface area contributed by atoms with E-state index in [0.717, 1.165) is 5.56 Å². The number of carbonyl (C=O) groups excluding carboxylic acids is 2. The molecule has 1 fully saturated rings. The number of allylic oxidation sites excluding steroid dienone is 4. The second kappa shape index (κ2) is 11.4. The average Bonchev–Trinajstić information content (AvgIpc) is 3.27. The van der Waals surface area contributed by atoms with Crippen molar-refractivity contribution < 1.29 is 24.5 Å². The van der Waals surface area contributed by atoms with E-state index in [1.807, 2.05) is 23.1 Å². The number of benzene rings is 2. The fourth-order valence-corrected chi connectivity index (χ4v) is 7.29. The molecule has 3 N–H and O–H groups in total. The Balaban J connectivity index is 1.65. The van der Waals surface area contributed by atoms with E-state index in [-0.39, 0.29) is 36.8 Å². The van der Waals surface area contributed by atoms with Gasteiger partial charge >= 0.3 is 0 Å². The lowest BCUT2D eigenvalue weighted by Gasteiger charge is -2.55. The zero-order valence-electron chi connectivity index (χ0n) is 23.3. The molecule has 3 heterocycles. The fraction of sp³-hybridized carbons (Fsp3) is 0.344. The van der Waals surface area contributed by atoms with Crippen molar-refractivity contribution in [2.45, 2.75) is 30.4 Å². The predicted molar refractivity (Wildman–Crippen MR) is 164 cm³/mol. The number of amides is 2. The summed E-state index contributed by atoms with van der Waals surface area (Å²) in [6, 6.07) is 9.71. The van der Waals surface area contributed by atoms with Crippen LogP contribution in [0.2, 0.25) is 5.02 Å². The number of nitrogens with zero attached hydrogens (tertiary/aromatic N) is 3. The number of aliphatic hydroxyl groups is 2. The van der Waals surface area contributed by atoms with Crippen LogP contribution in [-0.4, -0.2) is 70.7 Å². The Bertz CT molecular complexity index is 1630. The molecular weight excluding hydrogens is 591 g/mol. The number of carbonyl (C=O) groups is 2. The molecule has 2 aromatic carbocycles. The van der Waals surface area contributed by atoms with E-state index in [0.29, 0.717) is 51.3 Å². The number of ether oxygens (including phenoxy) is 1. The lowest BCUT2D eigenvalue weighted by molar-refractivity contribution is -0.136. The molecule has 9 nitrogen and oxygen atoms in total. The van der Waals surface area contributed by atoms with E-state index in [4.69, 9.17) is 34.4 Å². The van der Waals surface area contributed by atoms with Gasteiger partial charge in [-0.3, -0.25) is 9.59 Å². The molecule has 1 aliphatic carbocycles. The van der Waals surface area contributed by atoms with Crippen molar-refractivity contribution in [3.63, 3.8) is 0 Å². The van der Waals surface area contributed by atoms with E-state index >= 15 is 0 Å². The molecule has 222 valence electrons. The lowest BCUT2D eigenvalue weighted by atomic mass is 9.56. The van der Waals surface area contributed by atoms with Gasteiger partial charge in [0.1, 0.15) is 36.3 Å². The molecule has 11 heteroatoms. The van der Waals surface area contributed by atoms with Gasteiger partial charge in [0.05, 0.1) is 12.6 Å². The Labute approximate surface area is 259 Å². The summed E-state index contributed by atoms with van der Waals surface area (Å²) in [5, 5.41) is 29.8. The number of terminal acetylenes is 1. The molecule has 6 rings (SSSR count). The second-order valence-electron chi connectivity index (χ2n) is 11.2. The number of fused-ring (bicyclic) bond motifs is 3. The van der Waals surface area contributed by atoms with Crippen LogP contribution in [0.5, 0.6) is 5.75 Å². The van der Waals surface area contributed by atoms with Crippen LogP contribution < -0.4 is 10.1 Å². The number of hydrogen-bond acceptors (Lipinski definition) is 7. The van der Waals surface area contributed by atoms with Crippen molar-refractivity contribution in [3.05, 3.63) is 81.4 Å². The molecule has 4 aliphatic rings. The first-order chi connectivity index (χ1) is 20.7. The first-order valence-corrected chi connectivity index (χ1v) is 14.7. The molecule has 3 aliphatic heterocycles. The van der Waals surface area contributed by atoms with Crippen molar-refractivity contribution in [2.24, 2.45) is 16.9 Å². The molecule has 1 saturated heterocycles. The maximum atomic E-state index is 14.7. The summed E-state index contributed by atoms with van der Waals surface area (Å²) in [5.41, 5.74) is 1.14. The average molecular weight is 622 g/mol. The Hall–Kier alpha value is -3.81. The third kappa shape index (κ3) is 4.88. The topological polar surface area (TPSA) is 115 Å². The monoisotopic (exact) mass is 620 g/mol. The molecule has 5 atom stereocenters. The molecular formula is C32H30Cl2N4O5. The number of rotatable bonds is 6. The maximum absolute atomic E-state index is 14.7. The highest BCUT2D eigenvalue weighted by Crippen LogP contribution is 2.61. The molecule has 0 radical (unpaired) electrons. The number of amidine groups is 1. The Morgan fingerprint density at radius 2 is 2.05 bits per heavy atom. The largest absolute Gasteiger partial charge is 0.490 e. The van der Waals surface area contributed by atoms with Gasteiger partial charge in [-0.25, -0.2) is 5.01 Å². The Morgan fingerprint density at radius 1 is 1.23 bits per heavy atom. The minimum Gasteiger partial charge on any atom is -0.490 e. The molecule has 2 aromatic rings. The SMILES string of the molecule is C#Cc1ccc(OCC(O)CO)c([C@H]2N3CC(=O)N(C)N=C3C[C@@H](C3C=CC=C(Cl)C3)[C@]23C(=O)Nc2cc(Cl)ccc23)c1. The summed E-state index contributed by atoms with van der Waals surface area (Å²) >= 11 is 13.0. The van der Waals surface area contributed by atoms with E-state index in [1.165, 1.54) is 5.01 Å². The van der Waals surface area contributed by atoms with Gasteiger partial charge in [-0.05, 0) is 60.2 Å². The lowest BCUT2D eigenvalue weighted by Crippen LogP contribution is -2.63. The molecule has 2 amide bonds. The highest BCUT2D eigenvalue weighted by atomic mass is 35.5. The quantitative estimate of drug-likeness (QED) is 0.423. The van der Waals surface area contributed by atoms with Gasteiger partial charge in [-0.1, -0.05) is 47.3 Å². The standard InChI is InChI=1S/C32H30Cl2N4O5/c1-3-18-7-10-27(43-17-22(40)16-39)23(11-18)30-32(24-9-8-21(34)13-26(24)35-31(32)42)25(19-5-4-6-20(33)12-19)14-28-36-37(2)29(41)15-38(28)30/h1,4-11,13,19,22,25,30,39-40H,12,14-17H2,2H3,(H,35,42)/t19?,22?,25-,30+,32-/m0/s1. The van der Waals surface area contributed by atoms with Crippen LogP contribution in [0.25, 0.3) is 0 Å². The minimum absolute atomic E-state index is 0.0369. The third-order valence-electron chi connectivity index (χ3n) is 8.74. The van der Waals surface area contributed by atoms with Gasteiger partial charge < -0.3 is 25.2 Å². The number of nitrogens with one attached hydrogen (secondary N) is 1. The van der Waals surface area contributed by atoms with E-state index < -0.39 is 24.2 Å². The number of likely N-dealkylation sites (N-methyl/N-ethyl adjacent to an activating group) is 1. The molecule has 43 heavy (non-hydrogen) atoms. The van der Waals surface area contributed by atoms with Gasteiger partial charge in [-0.15, -0.1) is 6.42 Å². The van der Waals surface area contributed by atoms with Gasteiger partial charge in [0, 0.05) is 40.3 Å². The Kier molecular flexibility index (Phi) is 7.73. The summed E-state index contributed by atoms with van der Waals surface area (Å²) < 4.78 is 6.08. The zero-order valence-corrected chi connectivity index (χ0v) is 24.8. The van der Waals surface area contributed by atoms with Crippen molar-refractivity contribution >= 4 is 46.5 Å². The first kappa shape index (κ1) is 29.3. The number of aliphatic hydroxyl groups excluding tert-OH is 2. The second-order valence-corrected chi connectivity index (χ2v) is 12.1. The summed E-state index contributed by atoms with van der Waals surface area (Å²) in [6.45, 7) is -0.727. The number of halogens is 2. The van der Waals surface area contributed by atoms with Gasteiger partial charge in [0.15, 0.2) is 0 Å². The van der Waals surface area contributed by atoms with Crippen molar-refractivity contribution in [3.8, 4) is 18.1 Å². The maximum Gasteiger partial charge on any atom is 0.262 e. The van der Waals surface area contributed by atoms with Crippen LogP contribution in [0.3, 0.4) is 0 Å². The van der Waals surface area contributed by atoms with Crippen LogP contribution in [0, 0.1) is 24.2 Å². The minimum atomic E-state index is -1.26. The van der Waals surface area contributed by atoms with Crippen LogP contribution in [0.4, 0.5) is 5.69 Å². The van der Waals surface area contributed by atoms with Crippen molar-refractivity contribution in [1.82, 2.24) is 9.91 Å². The van der Waals surface area contributed by atoms with Gasteiger partial charge in [0.2, 0.25) is 5.91 Å². The van der Waals surface area contributed by atoms with Crippen molar-refractivity contribution in [2.75, 3.05) is 32.1 Å². The summed E-state index contributed by atoms with van der Waals surface area (Å²) in [6.07, 6.45) is 11.4. The molecule has 0 saturated carbocycles. The number of anilines is 1. The first-order valence-electron chi connectivity index (χ1n) is 13.9. The normalized spacial score (nSPS) is 26.7. The highest BCUT2D eigenvalue weighted by molar-refractivity contribution is 6.31. The third-order valence-corrected chi connectivity index (χ3v) is 9.26. The Morgan fingerprint density at radius 3 is 2.79 bits per heavy atom. The van der Waals surface area contributed by atoms with Crippen LogP contribution in [0.15, 0.2) is 64.8 Å². The van der Waals surface area contributed by atoms with Crippen LogP contribution in [-0.2, 0) is 15.0 Å². The van der Waals surface area contributed by atoms with Crippen molar-refractivity contribution in [1.29, 1.82) is 0 Å². The summed E-state index contributed by atoms with van der Waals surface area (Å²) in [7, 11) is 1.62. The number of hydrogen-bond donors (Lipinski definition) is 3. The van der Waals surface area contributed by atoms with E-state index in [1.54, 1.807) is 37.4 Å². The predicted octanol–water partition coefficient (Wildman–Crippen LogP) is 3.79. The molecule has 2 unspecified atom stereocenters. The molecule has 0 aromatic heterocycles.